The van der Waals surface area contributed by atoms with Gasteiger partial charge in [0.1, 0.15) is 5.82 Å². The van der Waals surface area contributed by atoms with Crippen LogP contribution in [0.1, 0.15) is 25.5 Å². The molecule has 0 radical (unpaired) electrons. The molecule has 0 aliphatic carbocycles. The van der Waals surface area contributed by atoms with Crippen LogP contribution in [0.2, 0.25) is 0 Å². The highest BCUT2D eigenvalue weighted by molar-refractivity contribution is 5.59. The highest BCUT2D eigenvalue weighted by atomic mass is 16.6. The third-order valence-corrected chi connectivity index (χ3v) is 5.23. The SMILES string of the molecule is CCc1cc(N(C)CC2CCN(C)CC2)nc(-c2ccc([N+](=O)[O-])cc2)n1. The van der Waals surface area contributed by atoms with Crippen LogP contribution in [0.15, 0.2) is 30.3 Å². The number of aromatic nitrogens is 2. The van der Waals surface area contributed by atoms with E-state index >= 15 is 0 Å². The Bertz CT molecular complexity index is 785. The van der Waals surface area contributed by atoms with Crippen molar-refractivity contribution in [1.82, 2.24) is 14.9 Å². The van der Waals surface area contributed by atoms with Gasteiger partial charge in [-0.15, -0.1) is 0 Å². The monoisotopic (exact) mass is 369 g/mol. The molecule has 0 unspecified atom stereocenters. The Kier molecular flexibility index (Phi) is 6.01. The van der Waals surface area contributed by atoms with Crippen molar-refractivity contribution < 1.29 is 4.92 Å². The van der Waals surface area contributed by atoms with Crippen molar-refractivity contribution in [2.45, 2.75) is 26.2 Å². The lowest BCUT2D eigenvalue weighted by atomic mass is 9.97. The van der Waals surface area contributed by atoms with E-state index in [1.54, 1.807) is 12.1 Å². The fourth-order valence-corrected chi connectivity index (χ4v) is 3.45. The number of nitro benzene ring substituents is 1. The summed E-state index contributed by atoms with van der Waals surface area (Å²) in [6.07, 6.45) is 3.24. The number of piperidine rings is 1. The number of hydrogen-bond donors (Lipinski definition) is 0. The summed E-state index contributed by atoms with van der Waals surface area (Å²) in [5.74, 6) is 2.21. The minimum atomic E-state index is -0.395. The van der Waals surface area contributed by atoms with Crippen molar-refractivity contribution in [2.75, 3.05) is 38.6 Å². The van der Waals surface area contributed by atoms with E-state index in [0.29, 0.717) is 11.7 Å². The van der Waals surface area contributed by atoms with Crippen molar-refractivity contribution in [2.24, 2.45) is 5.92 Å². The van der Waals surface area contributed by atoms with E-state index in [4.69, 9.17) is 4.98 Å². The third-order valence-electron chi connectivity index (χ3n) is 5.23. The number of benzene rings is 1. The highest BCUT2D eigenvalue weighted by Gasteiger charge is 2.19. The molecule has 0 saturated carbocycles. The molecule has 1 fully saturated rings. The van der Waals surface area contributed by atoms with E-state index in [0.717, 1.165) is 43.1 Å². The van der Waals surface area contributed by atoms with E-state index < -0.39 is 4.92 Å². The van der Waals surface area contributed by atoms with E-state index in [1.165, 1.54) is 25.0 Å². The Morgan fingerprint density at radius 2 is 1.89 bits per heavy atom. The predicted molar refractivity (Wildman–Crippen MR) is 107 cm³/mol. The molecule has 1 saturated heterocycles. The van der Waals surface area contributed by atoms with Crippen LogP contribution in [0.25, 0.3) is 11.4 Å². The summed E-state index contributed by atoms with van der Waals surface area (Å²) in [5, 5.41) is 10.9. The first kappa shape index (κ1) is 19.2. The van der Waals surface area contributed by atoms with E-state index in [9.17, 15) is 10.1 Å². The van der Waals surface area contributed by atoms with E-state index in [2.05, 4.69) is 35.8 Å². The lowest BCUT2D eigenvalue weighted by molar-refractivity contribution is -0.384. The molecule has 27 heavy (non-hydrogen) atoms. The summed E-state index contributed by atoms with van der Waals surface area (Å²) in [6.45, 7) is 5.35. The number of anilines is 1. The number of likely N-dealkylation sites (tertiary alicyclic amines) is 1. The molecule has 0 spiro atoms. The average Bonchev–Trinajstić information content (AvgIpc) is 2.69. The largest absolute Gasteiger partial charge is 0.359 e. The first-order valence-electron chi connectivity index (χ1n) is 9.48. The van der Waals surface area contributed by atoms with Crippen molar-refractivity contribution in [3.8, 4) is 11.4 Å². The van der Waals surface area contributed by atoms with Gasteiger partial charge in [0.05, 0.1) is 4.92 Å². The Morgan fingerprint density at radius 1 is 1.22 bits per heavy atom. The normalized spacial score (nSPS) is 15.7. The van der Waals surface area contributed by atoms with E-state index in [-0.39, 0.29) is 5.69 Å². The molecule has 7 heteroatoms. The second-order valence-electron chi connectivity index (χ2n) is 7.33. The first-order chi connectivity index (χ1) is 13.0. The van der Waals surface area contributed by atoms with Crippen LogP contribution in [0.3, 0.4) is 0 Å². The summed E-state index contributed by atoms with van der Waals surface area (Å²) >= 11 is 0. The fourth-order valence-electron chi connectivity index (χ4n) is 3.45. The lowest BCUT2D eigenvalue weighted by Gasteiger charge is -2.32. The zero-order valence-corrected chi connectivity index (χ0v) is 16.3. The van der Waals surface area contributed by atoms with Crippen LogP contribution in [0.4, 0.5) is 11.5 Å². The number of non-ortho nitro benzene ring substituents is 1. The molecule has 7 nitrogen and oxygen atoms in total. The predicted octanol–water partition coefficient (Wildman–Crippen LogP) is 3.39. The maximum atomic E-state index is 10.9. The number of nitro groups is 1. The van der Waals surface area contributed by atoms with Crippen LogP contribution in [-0.4, -0.2) is 53.5 Å². The molecule has 0 atom stereocenters. The number of rotatable bonds is 6. The van der Waals surface area contributed by atoms with Crippen LogP contribution in [0.5, 0.6) is 0 Å². The molecule has 1 aromatic heterocycles. The van der Waals surface area contributed by atoms with Gasteiger partial charge in [-0.2, -0.15) is 0 Å². The molecular formula is C20H27N5O2. The molecule has 0 amide bonds. The summed E-state index contributed by atoms with van der Waals surface area (Å²) in [6, 6.07) is 8.48. The fraction of sp³-hybridized carbons (Fsp3) is 0.500. The van der Waals surface area contributed by atoms with Crippen LogP contribution >= 0.6 is 0 Å². The van der Waals surface area contributed by atoms with Gasteiger partial charge in [0.15, 0.2) is 5.82 Å². The smallest absolute Gasteiger partial charge is 0.269 e. The molecule has 0 N–H and O–H groups in total. The molecule has 1 aliphatic rings. The molecule has 1 aliphatic heterocycles. The number of aryl methyl sites for hydroxylation is 1. The van der Waals surface area contributed by atoms with Gasteiger partial charge in [0.25, 0.3) is 5.69 Å². The van der Waals surface area contributed by atoms with Gasteiger partial charge >= 0.3 is 0 Å². The molecule has 144 valence electrons. The standard InChI is InChI=1S/C20H27N5O2/c1-4-17-13-19(24(3)14-15-9-11-23(2)12-10-15)22-20(21-17)16-5-7-18(8-6-16)25(26)27/h5-8,13,15H,4,9-12,14H2,1-3H3. The van der Waals surface area contributed by atoms with Gasteiger partial charge < -0.3 is 9.80 Å². The summed E-state index contributed by atoms with van der Waals surface area (Å²) < 4.78 is 0. The van der Waals surface area contributed by atoms with Gasteiger partial charge in [-0.3, -0.25) is 10.1 Å². The maximum absolute atomic E-state index is 10.9. The topological polar surface area (TPSA) is 75.4 Å². The van der Waals surface area contributed by atoms with Gasteiger partial charge in [-0.05, 0) is 57.5 Å². The van der Waals surface area contributed by atoms with Gasteiger partial charge in [0, 0.05) is 43.0 Å². The number of nitrogens with zero attached hydrogens (tertiary/aromatic N) is 5. The molecular weight excluding hydrogens is 342 g/mol. The zero-order chi connectivity index (χ0) is 19.4. The van der Waals surface area contributed by atoms with Crippen molar-refractivity contribution in [3.05, 3.63) is 46.1 Å². The van der Waals surface area contributed by atoms with Gasteiger partial charge in [-0.25, -0.2) is 9.97 Å². The van der Waals surface area contributed by atoms with Crippen LogP contribution in [-0.2, 0) is 6.42 Å². The van der Waals surface area contributed by atoms with E-state index in [1.807, 2.05) is 6.07 Å². The second-order valence-corrected chi connectivity index (χ2v) is 7.33. The van der Waals surface area contributed by atoms with Crippen molar-refractivity contribution >= 4 is 11.5 Å². The zero-order valence-electron chi connectivity index (χ0n) is 16.3. The van der Waals surface area contributed by atoms with Crippen molar-refractivity contribution in [1.29, 1.82) is 0 Å². The Morgan fingerprint density at radius 3 is 2.48 bits per heavy atom. The Balaban J connectivity index is 1.81. The van der Waals surface area contributed by atoms with Gasteiger partial charge in [0.2, 0.25) is 0 Å². The average molecular weight is 369 g/mol. The Hall–Kier alpha value is -2.54. The lowest BCUT2D eigenvalue weighted by Crippen LogP contribution is -2.36. The summed E-state index contributed by atoms with van der Waals surface area (Å²) in [7, 11) is 4.26. The van der Waals surface area contributed by atoms with Crippen LogP contribution in [0, 0.1) is 16.0 Å². The first-order valence-corrected chi connectivity index (χ1v) is 9.48. The quantitative estimate of drug-likeness (QED) is 0.574. The number of hydrogen-bond acceptors (Lipinski definition) is 6. The summed E-state index contributed by atoms with van der Waals surface area (Å²) in [5.41, 5.74) is 1.85. The van der Waals surface area contributed by atoms with Crippen molar-refractivity contribution in [3.63, 3.8) is 0 Å². The minimum Gasteiger partial charge on any atom is -0.359 e. The highest BCUT2D eigenvalue weighted by Crippen LogP contribution is 2.24. The Labute approximate surface area is 160 Å². The second kappa shape index (κ2) is 8.43. The summed E-state index contributed by atoms with van der Waals surface area (Å²) in [4.78, 5) is 24.4. The molecule has 3 rings (SSSR count). The van der Waals surface area contributed by atoms with Crippen LogP contribution < -0.4 is 4.90 Å². The molecule has 2 aromatic rings. The van der Waals surface area contributed by atoms with Gasteiger partial charge in [-0.1, -0.05) is 6.92 Å². The molecule has 0 bridgehead atoms. The molecule has 1 aromatic carbocycles. The maximum Gasteiger partial charge on any atom is 0.269 e. The molecule has 2 heterocycles. The minimum absolute atomic E-state index is 0.0741. The third kappa shape index (κ3) is 4.80.